The number of nitrogens with zero attached hydrogens (tertiary/aromatic N) is 1. The van der Waals surface area contributed by atoms with Gasteiger partial charge < -0.3 is 57.7 Å². The highest BCUT2D eigenvalue weighted by Crippen LogP contribution is 2.37. The van der Waals surface area contributed by atoms with Gasteiger partial charge >= 0.3 is 5.97 Å². The van der Waals surface area contributed by atoms with E-state index in [1.54, 1.807) is 48.0 Å². The van der Waals surface area contributed by atoms with Crippen molar-refractivity contribution in [2.75, 3.05) is 86.6 Å². The Balaban J connectivity index is 1.96. The number of esters is 1. The van der Waals surface area contributed by atoms with Crippen LogP contribution in [0.2, 0.25) is 0 Å². The average Bonchev–Trinajstić information content (AvgIpc) is 3.40. The second-order valence-electron chi connectivity index (χ2n) is 21.8. The summed E-state index contributed by atoms with van der Waals surface area (Å²) < 4.78 is 75.7. The first-order valence-corrected chi connectivity index (χ1v) is 29.9. The van der Waals surface area contributed by atoms with E-state index in [2.05, 4.69) is 0 Å². The SMILES string of the molecule is COCCOCCOCCOC1C[C@H]2CC[C@H](C)[C@](O)(O2)C(=O)C(=O)N(C)C(C)C(=O)OC([C@H](C)C[C@@H]2CC[C@@H](OCCCS(C)(=O)=O)[C@H](OC)C2)CC(=O)C(C)/C=C(/C)C(O)C(OC)C(=O)C(C)CC\C=C/C=C\C=C/1C. The van der Waals surface area contributed by atoms with Crippen molar-refractivity contribution in [2.24, 2.45) is 29.6 Å². The Labute approximate surface area is 465 Å². The van der Waals surface area contributed by atoms with E-state index in [0.29, 0.717) is 83.4 Å². The van der Waals surface area contributed by atoms with Gasteiger partial charge in [0.1, 0.15) is 40.0 Å². The number of methoxy groups -OCH3 is 3. The maximum absolute atomic E-state index is 14.2. The minimum Gasteiger partial charge on any atom is -0.460 e. The molecule has 2 heterocycles. The molecule has 2 N–H and O–H groups in total. The number of ketones is 3. The van der Waals surface area contributed by atoms with Gasteiger partial charge in [-0.3, -0.25) is 19.2 Å². The summed E-state index contributed by atoms with van der Waals surface area (Å²) in [6, 6.07) is -1.35. The smallest absolute Gasteiger partial charge is 0.328 e. The number of sulfone groups is 1. The van der Waals surface area contributed by atoms with Gasteiger partial charge in [0.2, 0.25) is 5.79 Å². The van der Waals surface area contributed by atoms with Crippen LogP contribution in [0, 0.1) is 29.6 Å². The van der Waals surface area contributed by atoms with E-state index in [4.69, 9.17) is 42.6 Å². The normalized spacial score (nSPS) is 34.1. The van der Waals surface area contributed by atoms with Crippen LogP contribution in [0.5, 0.6) is 0 Å². The summed E-state index contributed by atoms with van der Waals surface area (Å²) >= 11 is 0. The maximum Gasteiger partial charge on any atom is 0.328 e. The Hall–Kier alpha value is -3.54. The van der Waals surface area contributed by atoms with E-state index in [1.165, 1.54) is 27.3 Å². The molecule has 78 heavy (non-hydrogen) atoms. The van der Waals surface area contributed by atoms with Crippen LogP contribution in [0.3, 0.4) is 0 Å². The van der Waals surface area contributed by atoms with Crippen LogP contribution >= 0.6 is 0 Å². The minimum atomic E-state index is -3.13. The molecular weight excluding hydrogens is 1030 g/mol. The molecule has 2 aliphatic heterocycles. The quantitative estimate of drug-likeness (QED) is 0.0623. The number of carbonyl (C=O) groups is 5. The van der Waals surface area contributed by atoms with E-state index >= 15 is 0 Å². The van der Waals surface area contributed by atoms with Gasteiger partial charge in [-0.05, 0) is 102 Å². The number of amides is 1. The minimum absolute atomic E-state index is 0.0177. The summed E-state index contributed by atoms with van der Waals surface area (Å²) in [7, 11) is 2.69. The number of hydrogen-bond acceptors (Lipinski definition) is 18. The molecule has 7 unspecified atom stereocenters. The van der Waals surface area contributed by atoms with Crippen LogP contribution in [0.4, 0.5) is 0 Å². The molecule has 0 spiro atoms. The zero-order valence-electron chi connectivity index (χ0n) is 48.7. The molecule has 0 aromatic carbocycles. The van der Waals surface area contributed by atoms with E-state index in [-0.39, 0.29) is 68.1 Å². The number of cyclic esters (lactones) is 1. The van der Waals surface area contributed by atoms with Crippen molar-refractivity contribution in [3.63, 3.8) is 0 Å². The first-order valence-electron chi connectivity index (χ1n) is 27.8. The predicted octanol–water partition coefficient (Wildman–Crippen LogP) is 5.91. The van der Waals surface area contributed by atoms with Gasteiger partial charge in [-0.15, -0.1) is 0 Å². The van der Waals surface area contributed by atoms with Gasteiger partial charge in [-0.2, -0.15) is 0 Å². The van der Waals surface area contributed by atoms with Crippen molar-refractivity contribution >= 4 is 39.1 Å². The molecule has 3 aliphatic rings. The molecule has 0 aromatic rings. The molecule has 2 fully saturated rings. The van der Waals surface area contributed by atoms with Crippen LogP contribution in [0.25, 0.3) is 0 Å². The molecule has 1 aliphatic carbocycles. The van der Waals surface area contributed by atoms with Crippen LogP contribution in [-0.2, 0) is 76.4 Å². The highest BCUT2D eigenvalue weighted by molar-refractivity contribution is 7.90. The third-order valence-electron chi connectivity index (χ3n) is 15.5. The number of fused-ring (bicyclic) bond motifs is 2. The summed E-state index contributed by atoms with van der Waals surface area (Å²) in [6.45, 7) is 14.3. The molecule has 1 saturated carbocycles. The number of allylic oxidation sites excluding steroid dienone is 6. The summed E-state index contributed by atoms with van der Waals surface area (Å²) in [5.74, 6) is -8.77. The lowest BCUT2D eigenvalue weighted by atomic mass is 9.78. The fourth-order valence-electron chi connectivity index (χ4n) is 10.1. The maximum atomic E-state index is 14.2. The second kappa shape index (κ2) is 34.7. The van der Waals surface area contributed by atoms with Crippen LogP contribution < -0.4 is 0 Å². The standard InChI is InChI=1S/C58H95NO18S/c1-38-19-16-14-13-15-17-20-39(2)52(61)54(71-11)53(62)42(5)33-40(3)47(60)37-50(41(4)34-45-22-24-48(51(35-45)70-10)74-25-18-32-78(12,67)68)76-57(65)44(7)59(8)56(64)55(63)58(66)43(6)21-23-46(77-58)36-49(38)75-31-30-73-29-28-72-27-26-69-9/h13-16,19,33,39-41,43-46,48-51,53-54,62,66H,17-18,20-32,34-37H2,1-12H3/b15-13-,16-14-,38-19-,42-33-/t39?,40?,41-,43+,44?,45+,46-,48-,49?,50?,51-,53?,54?,58+/m1/s1. The lowest BCUT2D eigenvalue weighted by Gasteiger charge is -2.41. The fraction of sp³-hybridized carbons (Fsp3) is 0.776. The molecular formula is C58H95NO18S. The van der Waals surface area contributed by atoms with Gasteiger partial charge in [0, 0.05) is 71.8 Å². The highest BCUT2D eigenvalue weighted by Gasteiger charge is 2.52. The van der Waals surface area contributed by atoms with Crippen molar-refractivity contribution in [1.82, 2.24) is 4.90 Å². The third-order valence-corrected chi connectivity index (χ3v) is 16.5. The first-order chi connectivity index (χ1) is 36.9. The van der Waals surface area contributed by atoms with Crippen molar-refractivity contribution in [1.29, 1.82) is 0 Å². The second-order valence-corrected chi connectivity index (χ2v) is 24.0. The number of hydrogen-bond donors (Lipinski definition) is 2. The van der Waals surface area contributed by atoms with Crippen LogP contribution in [-0.4, -0.2) is 194 Å². The number of carbonyl (C=O) groups excluding carboxylic acids is 5. The first kappa shape index (κ1) is 68.7. The largest absolute Gasteiger partial charge is 0.460 e. The van der Waals surface area contributed by atoms with Gasteiger partial charge in [-0.1, -0.05) is 64.2 Å². The highest BCUT2D eigenvalue weighted by atomic mass is 32.2. The zero-order chi connectivity index (χ0) is 58.2. The fourth-order valence-corrected chi connectivity index (χ4v) is 10.7. The van der Waals surface area contributed by atoms with Gasteiger partial charge in [0.15, 0.2) is 5.78 Å². The number of rotatable bonds is 20. The number of likely N-dealkylation sites (N-methyl/N-ethyl adjacent to an activating group) is 1. The topological polar surface area (TPSA) is 246 Å². The average molecular weight is 1130 g/mol. The van der Waals surface area contributed by atoms with Crippen molar-refractivity contribution in [3.05, 3.63) is 47.6 Å². The molecule has 1 saturated heterocycles. The monoisotopic (exact) mass is 1130 g/mol. The molecule has 20 heteroatoms. The van der Waals surface area contributed by atoms with E-state index < -0.39 is 93.5 Å². The number of Topliss-reactive ketones (excluding diaryl/α,β-unsaturated/α-hetero) is 3. The van der Waals surface area contributed by atoms with Gasteiger partial charge in [-0.25, -0.2) is 13.2 Å². The number of aliphatic hydroxyl groups excluding tert-OH is 1. The predicted molar refractivity (Wildman–Crippen MR) is 294 cm³/mol. The molecule has 446 valence electrons. The Morgan fingerprint density at radius 2 is 1.49 bits per heavy atom. The number of ether oxygens (including phenoxy) is 9. The molecule has 19 nitrogen and oxygen atoms in total. The zero-order valence-corrected chi connectivity index (χ0v) is 49.5. The lowest BCUT2D eigenvalue weighted by molar-refractivity contribution is -0.266. The Bertz CT molecular complexity index is 2130. The van der Waals surface area contributed by atoms with Gasteiger partial charge in [0.25, 0.3) is 11.7 Å². The van der Waals surface area contributed by atoms with Crippen molar-refractivity contribution < 1.29 is 85.2 Å². The molecule has 2 bridgehead atoms. The summed E-state index contributed by atoms with van der Waals surface area (Å²) in [4.78, 5) is 71.4. The van der Waals surface area contributed by atoms with E-state index in [1.807, 2.05) is 44.2 Å². The summed E-state index contributed by atoms with van der Waals surface area (Å²) in [5.41, 5.74) is 1.17. The molecule has 14 atom stereocenters. The van der Waals surface area contributed by atoms with E-state index in [0.717, 1.165) is 16.9 Å². The molecule has 3 rings (SSSR count). The van der Waals surface area contributed by atoms with Crippen molar-refractivity contribution in [2.45, 2.75) is 174 Å². The third kappa shape index (κ3) is 22.4. The lowest BCUT2D eigenvalue weighted by Crippen LogP contribution is -2.59. The van der Waals surface area contributed by atoms with Crippen molar-refractivity contribution in [3.8, 4) is 0 Å². The van der Waals surface area contributed by atoms with Crippen LogP contribution in [0.15, 0.2) is 47.6 Å². The van der Waals surface area contributed by atoms with Crippen LogP contribution in [0.1, 0.15) is 119 Å². The Kier molecular flexibility index (Phi) is 30.6. The van der Waals surface area contributed by atoms with Gasteiger partial charge in [0.05, 0.1) is 69.8 Å². The summed E-state index contributed by atoms with van der Waals surface area (Å²) in [5, 5.41) is 23.5. The molecule has 0 radical (unpaired) electrons. The van der Waals surface area contributed by atoms with E-state index in [9.17, 15) is 42.6 Å². The summed E-state index contributed by atoms with van der Waals surface area (Å²) in [6.07, 6.45) is 11.5. The molecule has 1 amide bonds. The molecule has 0 aromatic heterocycles. The Morgan fingerprint density at radius 1 is 0.808 bits per heavy atom. The number of aliphatic hydroxyl groups is 2. The Morgan fingerprint density at radius 3 is 2.14 bits per heavy atom.